The fourth-order valence-electron chi connectivity index (χ4n) is 4.22. The van der Waals surface area contributed by atoms with Crippen LogP contribution in [0.4, 0.5) is 8.78 Å². The van der Waals surface area contributed by atoms with Crippen LogP contribution in [0.2, 0.25) is 10.0 Å². The molecule has 1 aliphatic carbocycles. The second-order valence-electron chi connectivity index (χ2n) is 10.6. The molecule has 0 bridgehead atoms. The summed E-state index contributed by atoms with van der Waals surface area (Å²) in [5.41, 5.74) is 6.80. The van der Waals surface area contributed by atoms with Crippen LogP contribution in [0.1, 0.15) is 36.5 Å². The zero-order valence-corrected chi connectivity index (χ0v) is 30.5. The van der Waals surface area contributed by atoms with Crippen LogP contribution in [0.15, 0.2) is 53.7 Å². The van der Waals surface area contributed by atoms with E-state index < -0.39 is 33.8 Å². The van der Waals surface area contributed by atoms with Crippen LogP contribution >= 0.6 is 45.6 Å². The minimum atomic E-state index is -3.72. The monoisotopic (exact) mass is 786 g/mol. The Hall–Kier alpha value is -2.95. The SMILES string of the molecule is COc1ccc(S(=O)(=O)Cl)cc1OC.CSCC[C@@H](N)C(=O)O[C@@H](Cc1c(Cl)c[n+]([O-])cc1Cl)c1ccc(OC(F)F)c(OCC2CC2)c1. The fourth-order valence-corrected chi connectivity index (χ4v) is 6.07. The number of nitrogens with two attached hydrogens (primary N) is 1. The number of carbonyl (C=O) groups is 1. The molecule has 1 fully saturated rings. The number of pyridine rings is 1. The summed E-state index contributed by atoms with van der Waals surface area (Å²) >= 11 is 14.0. The van der Waals surface area contributed by atoms with E-state index in [9.17, 15) is 27.2 Å². The van der Waals surface area contributed by atoms with Gasteiger partial charge in [0, 0.05) is 28.7 Å². The Morgan fingerprint density at radius 2 is 1.67 bits per heavy atom. The lowest BCUT2D eigenvalue weighted by molar-refractivity contribution is -0.605. The van der Waals surface area contributed by atoms with E-state index in [-0.39, 0.29) is 32.9 Å². The first-order valence-electron chi connectivity index (χ1n) is 14.6. The number of ether oxygens (including phenoxy) is 5. The van der Waals surface area contributed by atoms with Crippen LogP contribution in [0, 0.1) is 11.1 Å². The van der Waals surface area contributed by atoms with Crippen molar-refractivity contribution in [2.45, 2.75) is 49.3 Å². The van der Waals surface area contributed by atoms with E-state index in [1.807, 2.05) is 6.26 Å². The first-order valence-corrected chi connectivity index (χ1v) is 19.0. The van der Waals surface area contributed by atoms with E-state index in [2.05, 4.69) is 4.74 Å². The standard InChI is InChI=1S/C23H26Cl2F2N2O5S.C8H9ClO4S/c1-35-7-6-18(28)22(30)33-20(9-15-16(24)10-29(31)11-17(15)25)14-4-5-19(34-23(26)27)21(8-14)32-12-13-2-3-13;1-12-7-4-3-6(14(9,10)11)5-8(7)13-2/h4-5,8,10-11,13,18,20,23H,2-3,6-7,9,12,28H2,1H3;3-5H,1-2H3/t18-,20+;/m1./s1. The fraction of sp³-hybridized carbons (Fsp3) is 0.419. The lowest BCUT2D eigenvalue weighted by Gasteiger charge is -2.23. The molecule has 1 aliphatic rings. The van der Waals surface area contributed by atoms with Gasteiger partial charge in [-0.1, -0.05) is 29.3 Å². The van der Waals surface area contributed by atoms with Crippen LogP contribution in [-0.4, -0.2) is 59.9 Å². The Morgan fingerprint density at radius 3 is 2.22 bits per heavy atom. The number of halogens is 5. The molecule has 18 heteroatoms. The number of benzene rings is 2. The van der Waals surface area contributed by atoms with Gasteiger partial charge in [-0.3, -0.25) is 4.79 Å². The molecule has 2 atom stereocenters. The molecule has 1 aromatic heterocycles. The number of thioether (sulfide) groups is 1. The van der Waals surface area contributed by atoms with Crippen LogP contribution in [0.25, 0.3) is 0 Å². The zero-order valence-electron chi connectivity index (χ0n) is 26.6. The van der Waals surface area contributed by atoms with E-state index in [1.54, 1.807) is 11.8 Å². The number of methoxy groups -OCH3 is 2. The Balaban J connectivity index is 0.000000388. The summed E-state index contributed by atoms with van der Waals surface area (Å²) in [6, 6.07) is 7.59. The third-order valence-electron chi connectivity index (χ3n) is 7.01. The van der Waals surface area contributed by atoms with Gasteiger partial charge in [0.1, 0.15) is 22.2 Å². The highest BCUT2D eigenvalue weighted by molar-refractivity contribution is 8.13. The van der Waals surface area contributed by atoms with Gasteiger partial charge in [-0.15, -0.1) is 0 Å². The Kier molecular flexibility index (Phi) is 15.6. The number of hydrogen-bond acceptors (Lipinski definition) is 11. The normalized spacial score (nSPS) is 13.9. The number of carbonyl (C=O) groups excluding carboxylic acids is 1. The molecule has 0 radical (unpaired) electrons. The molecular weight excluding hydrogens is 753 g/mol. The summed E-state index contributed by atoms with van der Waals surface area (Å²) in [6.45, 7) is -2.68. The maximum absolute atomic E-state index is 12.9. The molecule has 0 amide bonds. The van der Waals surface area contributed by atoms with Gasteiger partial charge in [-0.25, -0.2) is 8.42 Å². The van der Waals surface area contributed by atoms with Gasteiger partial charge in [-0.2, -0.15) is 25.3 Å². The molecule has 270 valence electrons. The smallest absolute Gasteiger partial charge is 0.387 e. The molecule has 2 N–H and O–H groups in total. The zero-order chi connectivity index (χ0) is 36.3. The van der Waals surface area contributed by atoms with E-state index in [0.717, 1.165) is 25.2 Å². The Bertz CT molecular complexity index is 1660. The van der Waals surface area contributed by atoms with E-state index in [1.165, 1.54) is 50.6 Å². The first kappa shape index (κ1) is 40.5. The Labute approximate surface area is 301 Å². The van der Waals surface area contributed by atoms with Gasteiger partial charge in [0.05, 0.1) is 25.7 Å². The van der Waals surface area contributed by atoms with E-state index in [0.29, 0.717) is 52.1 Å². The number of rotatable bonds is 16. The van der Waals surface area contributed by atoms with Gasteiger partial charge in [0.15, 0.2) is 35.4 Å². The van der Waals surface area contributed by atoms with Crippen molar-refractivity contribution >= 4 is 60.7 Å². The van der Waals surface area contributed by atoms with Gasteiger partial charge in [-0.05, 0) is 67.0 Å². The lowest BCUT2D eigenvalue weighted by Crippen LogP contribution is -2.34. The third-order valence-corrected chi connectivity index (χ3v) is 9.65. The highest BCUT2D eigenvalue weighted by atomic mass is 35.7. The number of hydrogen-bond donors (Lipinski definition) is 1. The molecule has 4 rings (SSSR count). The molecular formula is C31H35Cl3F2N2O9S2. The van der Waals surface area contributed by atoms with Crippen molar-refractivity contribution < 1.29 is 50.4 Å². The van der Waals surface area contributed by atoms with Gasteiger partial charge in [0.25, 0.3) is 9.05 Å². The van der Waals surface area contributed by atoms with Crippen molar-refractivity contribution in [1.29, 1.82) is 0 Å². The quantitative estimate of drug-likeness (QED) is 0.0728. The predicted octanol–water partition coefficient (Wildman–Crippen LogP) is 6.56. The first-order chi connectivity index (χ1) is 23.2. The predicted molar refractivity (Wildman–Crippen MR) is 183 cm³/mol. The number of nitrogens with zero attached hydrogens (tertiary/aromatic N) is 1. The molecule has 0 unspecified atom stereocenters. The third kappa shape index (κ3) is 12.7. The largest absolute Gasteiger partial charge is 0.619 e. The van der Waals surface area contributed by atoms with E-state index >= 15 is 0 Å². The average Bonchev–Trinajstić information content (AvgIpc) is 3.88. The highest BCUT2D eigenvalue weighted by Gasteiger charge is 2.28. The van der Waals surface area contributed by atoms with Crippen molar-refractivity contribution in [3.05, 3.63) is 75.2 Å². The van der Waals surface area contributed by atoms with Gasteiger partial charge >= 0.3 is 12.6 Å². The van der Waals surface area contributed by atoms with Crippen LogP contribution in [0.3, 0.4) is 0 Å². The molecule has 1 saturated carbocycles. The van der Waals surface area contributed by atoms with Crippen molar-refractivity contribution in [2.24, 2.45) is 11.7 Å². The molecule has 0 aliphatic heterocycles. The summed E-state index contributed by atoms with van der Waals surface area (Å²) < 4.78 is 74.2. The molecule has 0 spiro atoms. The minimum Gasteiger partial charge on any atom is -0.619 e. The maximum Gasteiger partial charge on any atom is 0.387 e. The van der Waals surface area contributed by atoms with Crippen LogP contribution < -0.4 is 29.4 Å². The van der Waals surface area contributed by atoms with Crippen molar-refractivity contribution in [2.75, 3.05) is 32.8 Å². The topological polar surface area (TPSA) is 150 Å². The summed E-state index contributed by atoms with van der Waals surface area (Å²) in [7, 11) is 4.32. The van der Waals surface area contributed by atoms with Crippen molar-refractivity contribution in [3.63, 3.8) is 0 Å². The molecule has 3 aromatic rings. The summed E-state index contributed by atoms with van der Waals surface area (Å²) in [5.74, 6) is 1.14. The molecule has 1 heterocycles. The van der Waals surface area contributed by atoms with E-state index in [4.69, 9.17) is 58.6 Å². The average molecular weight is 788 g/mol. The molecule has 49 heavy (non-hydrogen) atoms. The molecule has 2 aromatic carbocycles. The van der Waals surface area contributed by atoms with Gasteiger partial charge in [0.2, 0.25) is 0 Å². The van der Waals surface area contributed by atoms with Crippen LogP contribution in [-0.2, 0) is 25.0 Å². The summed E-state index contributed by atoms with van der Waals surface area (Å²) in [5, 5.41) is 11.8. The maximum atomic E-state index is 12.9. The number of alkyl halides is 2. The lowest BCUT2D eigenvalue weighted by atomic mass is 10.0. The summed E-state index contributed by atoms with van der Waals surface area (Å²) in [6.07, 6.45) is 5.65. The summed E-state index contributed by atoms with van der Waals surface area (Å²) in [4.78, 5) is 12.7. The highest BCUT2D eigenvalue weighted by Crippen LogP contribution is 2.38. The Morgan fingerprint density at radius 1 is 1.04 bits per heavy atom. The second kappa shape index (κ2) is 18.9. The van der Waals surface area contributed by atoms with Gasteiger partial charge < -0.3 is 34.6 Å². The second-order valence-corrected chi connectivity index (χ2v) is 15.0. The van der Waals surface area contributed by atoms with Crippen LogP contribution in [0.5, 0.6) is 23.0 Å². The number of aromatic nitrogens is 1. The minimum absolute atomic E-state index is 0.0105. The molecule has 11 nitrogen and oxygen atoms in total. The number of esters is 1. The molecule has 0 saturated heterocycles. The van der Waals surface area contributed by atoms with Crippen molar-refractivity contribution in [3.8, 4) is 23.0 Å². The van der Waals surface area contributed by atoms with Crippen molar-refractivity contribution in [1.82, 2.24) is 0 Å².